The molecule has 0 radical (unpaired) electrons. The quantitative estimate of drug-likeness (QED) is 0.872. The molecule has 1 unspecified atom stereocenters. The highest BCUT2D eigenvalue weighted by Crippen LogP contribution is 2.29. The minimum atomic E-state index is -0.974. The Morgan fingerprint density at radius 1 is 1.53 bits per heavy atom. The largest absolute Gasteiger partial charge is 0.477 e. The van der Waals surface area contributed by atoms with Gasteiger partial charge in [0, 0.05) is 12.6 Å². The van der Waals surface area contributed by atoms with E-state index in [9.17, 15) is 4.79 Å². The number of anilines is 1. The normalized spacial score (nSPS) is 19.9. The minimum absolute atomic E-state index is 0.106. The van der Waals surface area contributed by atoms with Crippen molar-refractivity contribution in [2.75, 3.05) is 11.4 Å². The van der Waals surface area contributed by atoms with Gasteiger partial charge in [-0.3, -0.25) is 0 Å². The zero-order chi connectivity index (χ0) is 12.4. The first-order valence-electron chi connectivity index (χ1n) is 6.05. The lowest BCUT2D eigenvalue weighted by molar-refractivity contribution is 0.0690. The fraction of sp³-hybridized carbons (Fsp3) is 0.538. The number of carboxylic acid groups (broad SMARTS) is 1. The van der Waals surface area contributed by atoms with Crippen LogP contribution in [0.2, 0.25) is 0 Å². The SMILES string of the molecule is CC(C)C1CCCN1c1ccc(C(=O)O)nc1. The summed E-state index contributed by atoms with van der Waals surface area (Å²) >= 11 is 0. The van der Waals surface area contributed by atoms with E-state index in [0.717, 1.165) is 12.2 Å². The van der Waals surface area contributed by atoms with E-state index in [1.165, 1.54) is 12.8 Å². The van der Waals surface area contributed by atoms with Gasteiger partial charge in [-0.2, -0.15) is 0 Å². The van der Waals surface area contributed by atoms with E-state index in [1.807, 2.05) is 6.07 Å². The molecule has 1 fully saturated rings. The Bertz CT molecular complexity index is 400. The van der Waals surface area contributed by atoms with Gasteiger partial charge in [0.2, 0.25) is 0 Å². The molecular weight excluding hydrogens is 216 g/mol. The van der Waals surface area contributed by atoms with E-state index < -0.39 is 5.97 Å². The maximum absolute atomic E-state index is 10.7. The molecule has 1 aromatic rings. The number of carbonyl (C=O) groups is 1. The molecule has 1 atom stereocenters. The molecule has 0 aromatic carbocycles. The third-order valence-electron chi connectivity index (χ3n) is 3.37. The fourth-order valence-corrected chi connectivity index (χ4v) is 2.49. The Hall–Kier alpha value is -1.58. The van der Waals surface area contributed by atoms with Crippen molar-refractivity contribution < 1.29 is 9.90 Å². The summed E-state index contributed by atoms with van der Waals surface area (Å²) in [6.45, 7) is 5.49. The van der Waals surface area contributed by atoms with Crippen LogP contribution in [0.4, 0.5) is 5.69 Å². The summed E-state index contributed by atoms with van der Waals surface area (Å²) in [7, 11) is 0. The van der Waals surface area contributed by atoms with E-state index in [0.29, 0.717) is 12.0 Å². The number of hydrogen-bond donors (Lipinski definition) is 1. The molecule has 1 aromatic heterocycles. The van der Waals surface area contributed by atoms with Gasteiger partial charge in [0.15, 0.2) is 0 Å². The first-order valence-corrected chi connectivity index (χ1v) is 6.05. The van der Waals surface area contributed by atoms with Gasteiger partial charge >= 0.3 is 5.97 Å². The van der Waals surface area contributed by atoms with Gasteiger partial charge in [-0.15, -0.1) is 0 Å². The number of rotatable bonds is 3. The number of pyridine rings is 1. The smallest absolute Gasteiger partial charge is 0.354 e. The molecule has 1 N–H and O–H groups in total. The van der Waals surface area contributed by atoms with Crippen LogP contribution < -0.4 is 4.90 Å². The van der Waals surface area contributed by atoms with Crippen molar-refractivity contribution in [3.8, 4) is 0 Å². The highest BCUT2D eigenvalue weighted by Gasteiger charge is 2.27. The summed E-state index contributed by atoms with van der Waals surface area (Å²) in [4.78, 5) is 17.0. The monoisotopic (exact) mass is 234 g/mol. The second kappa shape index (κ2) is 4.73. The van der Waals surface area contributed by atoms with Crippen LogP contribution in [0.1, 0.15) is 37.2 Å². The predicted octanol–water partition coefficient (Wildman–Crippen LogP) is 2.40. The number of aromatic nitrogens is 1. The zero-order valence-corrected chi connectivity index (χ0v) is 10.3. The molecule has 1 aliphatic rings. The lowest BCUT2D eigenvalue weighted by Gasteiger charge is -2.29. The van der Waals surface area contributed by atoms with E-state index in [4.69, 9.17) is 5.11 Å². The van der Waals surface area contributed by atoms with Crippen LogP contribution in [-0.2, 0) is 0 Å². The molecule has 1 saturated heterocycles. The van der Waals surface area contributed by atoms with Gasteiger partial charge in [-0.1, -0.05) is 13.8 Å². The molecule has 0 bridgehead atoms. The van der Waals surface area contributed by atoms with Crippen LogP contribution in [0.5, 0.6) is 0 Å². The molecule has 4 heteroatoms. The summed E-state index contributed by atoms with van der Waals surface area (Å²) in [6.07, 6.45) is 4.08. The maximum Gasteiger partial charge on any atom is 0.354 e. The number of nitrogens with zero attached hydrogens (tertiary/aromatic N) is 2. The van der Waals surface area contributed by atoms with Gasteiger partial charge in [-0.05, 0) is 30.9 Å². The highest BCUT2D eigenvalue weighted by atomic mass is 16.4. The molecule has 0 aliphatic carbocycles. The Labute approximate surface area is 101 Å². The van der Waals surface area contributed by atoms with Crippen LogP contribution in [-0.4, -0.2) is 28.6 Å². The van der Waals surface area contributed by atoms with Gasteiger partial charge in [-0.25, -0.2) is 9.78 Å². The van der Waals surface area contributed by atoms with E-state index in [-0.39, 0.29) is 5.69 Å². The van der Waals surface area contributed by atoms with Crippen LogP contribution in [0, 0.1) is 5.92 Å². The summed E-state index contributed by atoms with van der Waals surface area (Å²) in [5.41, 5.74) is 1.14. The first-order chi connectivity index (χ1) is 8.09. The second-order valence-electron chi connectivity index (χ2n) is 4.85. The van der Waals surface area contributed by atoms with Crippen LogP contribution in [0.15, 0.2) is 18.3 Å². The first kappa shape index (κ1) is 11.9. The number of aromatic carboxylic acids is 1. The third kappa shape index (κ3) is 2.40. The lowest BCUT2D eigenvalue weighted by atomic mass is 10.0. The van der Waals surface area contributed by atoms with Gasteiger partial charge in [0.25, 0.3) is 0 Å². The standard InChI is InChI=1S/C13H18N2O2/c1-9(2)12-4-3-7-15(12)10-5-6-11(13(16)17)14-8-10/h5-6,8-9,12H,3-4,7H2,1-2H3,(H,16,17). The number of carboxylic acids is 1. The Morgan fingerprint density at radius 3 is 2.82 bits per heavy atom. The van der Waals surface area contributed by atoms with Crippen molar-refractivity contribution in [1.82, 2.24) is 4.98 Å². The molecule has 0 saturated carbocycles. The second-order valence-corrected chi connectivity index (χ2v) is 4.85. The molecular formula is C13H18N2O2. The Kier molecular flexibility index (Phi) is 3.31. The summed E-state index contributed by atoms with van der Waals surface area (Å²) in [6, 6.07) is 3.98. The molecule has 2 rings (SSSR count). The molecule has 4 nitrogen and oxygen atoms in total. The molecule has 2 heterocycles. The van der Waals surface area contributed by atoms with Crippen LogP contribution >= 0.6 is 0 Å². The molecule has 17 heavy (non-hydrogen) atoms. The van der Waals surface area contributed by atoms with Crippen molar-refractivity contribution >= 4 is 11.7 Å². The average Bonchev–Trinajstić information content (AvgIpc) is 2.78. The molecule has 0 amide bonds. The van der Waals surface area contributed by atoms with Crippen molar-refractivity contribution in [3.63, 3.8) is 0 Å². The summed E-state index contributed by atoms with van der Waals surface area (Å²) < 4.78 is 0. The highest BCUT2D eigenvalue weighted by molar-refractivity contribution is 5.85. The van der Waals surface area contributed by atoms with Gasteiger partial charge < -0.3 is 10.0 Å². The topological polar surface area (TPSA) is 53.4 Å². The molecule has 92 valence electrons. The molecule has 1 aliphatic heterocycles. The fourth-order valence-electron chi connectivity index (χ4n) is 2.49. The van der Waals surface area contributed by atoms with E-state index >= 15 is 0 Å². The third-order valence-corrected chi connectivity index (χ3v) is 3.37. The Morgan fingerprint density at radius 2 is 2.29 bits per heavy atom. The average molecular weight is 234 g/mol. The summed E-state index contributed by atoms with van der Waals surface area (Å²) in [5, 5.41) is 8.81. The predicted molar refractivity (Wildman–Crippen MR) is 66.4 cm³/mol. The van der Waals surface area contributed by atoms with E-state index in [1.54, 1.807) is 12.3 Å². The van der Waals surface area contributed by atoms with E-state index in [2.05, 4.69) is 23.7 Å². The lowest BCUT2D eigenvalue weighted by Crippen LogP contribution is -2.33. The van der Waals surface area contributed by atoms with Crippen molar-refractivity contribution in [1.29, 1.82) is 0 Å². The zero-order valence-electron chi connectivity index (χ0n) is 10.3. The minimum Gasteiger partial charge on any atom is -0.477 e. The Balaban J connectivity index is 2.19. The van der Waals surface area contributed by atoms with Crippen LogP contribution in [0.25, 0.3) is 0 Å². The van der Waals surface area contributed by atoms with Gasteiger partial charge in [0.1, 0.15) is 5.69 Å². The maximum atomic E-state index is 10.7. The molecule has 0 spiro atoms. The van der Waals surface area contributed by atoms with Crippen LogP contribution in [0.3, 0.4) is 0 Å². The van der Waals surface area contributed by atoms with Gasteiger partial charge in [0.05, 0.1) is 11.9 Å². The number of hydrogen-bond acceptors (Lipinski definition) is 3. The van der Waals surface area contributed by atoms with Crippen molar-refractivity contribution in [2.45, 2.75) is 32.7 Å². The van der Waals surface area contributed by atoms with Crippen molar-refractivity contribution in [3.05, 3.63) is 24.0 Å². The summed E-state index contributed by atoms with van der Waals surface area (Å²) in [5.74, 6) is -0.366. The van der Waals surface area contributed by atoms with Crippen molar-refractivity contribution in [2.24, 2.45) is 5.92 Å².